The lowest BCUT2D eigenvalue weighted by Gasteiger charge is -2.14. The van der Waals surface area contributed by atoms with Crippen molar-refractivity contribution >= 4 is 0 Å². The standard InChI is InChI=1S/C9H6F3N3/c10-9(11,12)7(4-13)6-15-3-1-2-8(15)5-14/h1-3,7H,6H2. The molecular formula is C9H6F3N3. The first-order valence-corrected chi connectivity index (χ1v) is 4.00. The van der Waals surface area contributed by atoms with E-state index in [1.165, 1.54) is 24.4 Å². The first kappa shape index (κ1) is 11.1. The maximum Gasteiger partial charge on any atom is 0.406 e. The number of nitriles is 2. The minimum atomic E-state index is -4.56. The highest BCUT2D eigenvalue weighted by molar-refractivity contribution is 5.22. The molecule has 1 rings (SSSR count). The number of halogens is 3. The van der Waals surface area contributed by atoms with E-state index >= 15 is 0 Å². The Morgan fingerprint density at radius 2 is 2.07 bits per heavy atom. The third kappa shape index (κ3) is 2.50. The second-order valence-corrected chi connectivity index (χ2v) is 2.88. The van der Waals surface area contributed by atoms with Crippen molar-refractivity contribution in [1.82, 2.24) is 4.57 Å². The summed E-state index contributed by atoms with van der Waals surface area (Å²) >= 11 is 0. The molecule has 0 amide bonds. The highest BCUT2D eigenvalue weighted by Crippen LogP contribution is 2.27. The molecule has 0 saturated heterocycles. The third-order valence-corrected chi connectivity index (χ3v) is 1.87. The van der Waals surface area contributed by atoms with E-state index in [-0.39, 0.29) is 5.69 Å². The SMILES string of the molecule is N#Cc1cccn1CC(C#N)C(F)(F)F. The molecule has 3 nitrogen and oxygen atoms in total. The largest absolute Gasteiger partial charge is 0.406 e. The molecule has 1 heterocycles. The summed E-state index contributed by atoms with van der Waals surface area (Å²) in [5.41, 5.74) is 0.111. The minimum absolute atomic E-state index is 0.111. The highest BCUT2D eigenvalue weighted by atomic mass is 19.4. The van der Waals surface area contributed by atoms with Gasteiger partial charge in [-0.25, -0.2) is 0 Å². The molecule has 15 heavy (non-hydrogen) atoms. The molecule has 1 aromatic heterocycles. The molecule has 1 unspecified atom stereocenters. The van der Waals surface area contributed by atoms with E-state index in [2.05, 4.69) is 0 Å². The molecule has 1 aromatic rings. The van der Waals surface area contributed by atoms with Crippen LogP contribution in [0.4, 0.5) is 13.2 Å². The second kappa shape index (κ2) is 4.05. The fourth-order valence-corrected chi connectivity index (χ4v) is 1.09. The van der Waals surface area contributed by atoms with Crippen LogP contribution >= 0.6 is 0 Å². The number of hydrogen-bond donors (Lipinski definition) is 0. The lowest BCUT2D eigenvalue weighted by atomic mass is 10.1. The van der Waals surface area contributed by atoms with E-state index in [9.17, 15) is 13.2 Å². The maximum atomic E-state index is 12.2. The summed E-state index contributed by atoms with van der Waals surface area (Å²) in [5, 5.41) is 16.9. The molecule has 1 atom stereocenters. The van der Waals surface area contributed by atoms with Crippen molar-refractivity contribution in [3.63, 3.8) is 0 Å². The molecular weight excluding hydrogens is 207 g/mol. The number of rotatable bonds is 2. The number of nitrogens with zero attached hydrogens (tertiary/aromatic N) is 3. The van der Waals surface area contributed by atoms with Crippen molar-refractivity contribution in [3.05, 3.63) is 24.0 Å². The van der Waals surface area contributed by atoms with Crippen molar-refractivity contribution in [2.24, 2.45) is 5.92 Å². The van der Waals surface area contributed by atoms with Crippen molar-refractivity contribution in [3.8, 4) is 12.1 Å². The zero-order valence-electron chi connectivity index (χ0n) is 7.49. The Balaban J connectivity index is 2.87. The van der Waals surface area contributed by atoms with Crippen molar-refractivity contribution < 1.29 is 13.2 Å². The molecule has 0 N–H and O–H groups in total. The molecule has 0 bridgehead atoms. The molecule has 0 saturated carbocycles. The lowest BCUT2D eigenvalue weighted by Crippen LogP contribution is -2.26. The van der Waals surface area contributed by atoms with Crippen LogP contribution in [0.5, 0.6) is 0 Å². The summed E-state index contributed by atoms with van der Waals surface area (Å²) < 4.78 is 37.8. The molecule has 6 heteroatoms. The summed E-state index contributed by atoms with van der Waals surface area (Å²) in [7, 11) is 0. The van der Waals surface area contributed by atoms with E-state index in [1.807, 2.05) is 0 Å². The van der Waals surface area contributed by atoms with Gasteiger partial charge in [0, 0.05) is 12.7 Å². The van der Waals surface area contributed by atoms with Gasteiger partial charge < -0.3 is 4.57 Å². The number of hydrogen-bond acceptors (Lipinski definition) is 2. The van der Waals surface area contributed by atoms with Crippen LogP contribution in [-0.2, 0) is 6.54 Å². The number of alkyl halides is 3. The molecule has 0 aliphatic heterocycles. The Labute approximate surface area is 84.0 Å². The van der Waals surface area contributed by atoms with E-state index in [1.54, 1.807) is 6.07 Å². The molecule has 0 aromatic carbocycles. The zero-order chi connectivity index (χ0) is 11.5. The van der Waals surface area contributed by atoms with Gasteiger partial charge in [0.1, 0.15) is 11.8 Å². The first-order valence-electron chi connectivity index (χ1n) is 4.00. The Morgan fingerprint density at radius 3 is 2.53 bits per heavy atom. The average molecular weight is 213 g/mol. The topological polar surface area (TPSA) is 52.5 Å². The smallest absolute Gasteiger partial charge is 0.338 e. The van der Waals surface area contributed by atoms with Crippen molar-refractivity contribution in [2.75, 3.05) is 0 Å². The summed E-state index contributed by atoms with van der Waals surface area (Å²) in [6.45, 7) is -0.546. The summed E-state index contributed by atoms with van der Waals surface area (Å²) in [6, 6.07) is 5.77. The van der Waals surface area contributed by atoms with Gasteiger partial charge in [-0.05, 0) is 12.1 Å². The van der Waals surface area contributed by atoms with Gasteiger partial charge in [-0.15, -0.1) is 0 Å². The van der Waals surface area contributed by atoms with Crippen LogP contribution in [-0.4, -0.2) is 10.7 Å². The Bertz CT molecular complexity index is 419. The van der Waals surface area contributed by atoms with Gasteiger partial charge in [0.25, 0.3) is 0 Å². The van der Waals surface area contributed by atoms with Gasteiger partial charge >= 0.3 is 6.18 Å². The van der Waals surface area contributed by atoms with Crippen LogP contribution in [0.25, 0.3) is 0 Å². The summed E-state index contributed by atoms with van der Waals surface area (Å²) in [6.07, 6.45) is -3.22. The van der Waals surface area contributed by atoms with E-state index in [0.717, 1.165) is 4.57 Å². The monoisotopic (exact) mass is 213 g/mol. The summed E-state index contributed by atoms with van der Waals surface area (Å²) in [5.74, 6) is -2.09. The van der Waals surface area contributed by atoms with Gasteiger partial charge in [0.05, 0.1) is 6.07 Å². The first-order chi connectivity index (χ1) is 6.99. The van der Waals surface area contributed by atoms with Gasteiger partial charge in [0.2, 0.25) is 0 Å². The van der Waals surface area contributed by atoms with Crippen LogP contribution in [0, 0.1) is 28.6 Å². The number of aromatic nitrogens is 1. The quantitative estimate of drug-likeness (QED) is 0.754. The lowest BCUT2D eigenvalue weighted by molar-refractivity contribution is -0.162. The predicted molar refractivity (Wildman–Crippen MR) is 44.3 cm³/mol. The normalized spacial score (nSPS) is 12.9. The van der Waals surface area contributed by atoms with Crippen LogP contribution < -0.4 is 0 Å². The third-order valence-electron chi connectivity index (χ3n) is 1.87. The van der Waals surface area contributed by atoms with Crippen molar-refractivity contribution in [2.45, 2.75) is 12.7 Å². The average Bonchev–Trinajstić information content (AvgIpc) is 2.59. The minimum Gasteiger partial charge on any atom is -0.338 e. The van der Waals surface area contributed by atoms with Crippen LogP contribution in [0.15, 0.2) is 18.3 Å². The van der Waals surface area contributed by atoms with Gasteiger partial charge in [-0.3, -0.25) is 0 Å². The van der Waals surface area contributed by atoms with Crippen LogP contribution in [0.3, 0.4) is 0 Å². The fraction of sp³-hybridized carbons (Fsp3) is 0.333. The van der Waals surface area contributed by atoms with E-state index in [4.69, 9.17) is 10.5 Å². The van der Waals surface area contributed by atoms with Gasteiger partial charge in [-0.1, -0.05) is 0 Å². The van der Waals surface area contributed by atoms with E-state index < -0.39 is 18.6 Å². The highest BCUT2D eigenvalue weighted by Gasteiger charge is 2.40. The second-order valence-electron chi connectivity index (χ2n) is 2.88. The molecule has 0 radical (unpaired) electrons. The molecule has 0 aliphatic rings. The Kier molecular flexibility index (Phi) is 3.01. The molecule has 0 aliphatic carbocycles. The predicted octanol–water partition coefficient (Wildman–Crippen LogP) is 2.06. The van der Waals surface area contributed by atoms with Crippen LogP contribution in [0.1, 0.15) is 5.69 Å². The van der Waals surface area contributed by atoms with Gasteiger partial charge in [-0.2, -0.15) is 23.7 Å². The Morgan fingerprint density at radius 1 is 1.40 bits per heavy atom. The fourth-order valence-electron chi connectivity index (χ4n) is 1.09. The molecule has 0 spiro atoms. The maximum absolute atomic E-state index is 12.2. The van der Waals surface area contributed by atoms with Gasteiger partial charge in [0.15, 0.2) is 5.92 Å². The molecule has 0 fully saturated rings. The van der Waals surface area contributed by atoms with E-state index in [0.29, 0.717) is 0 Å². The zero-order valence-corrected chi connectivity index (χ0v) is 7.49. The Hall–Kier alpha value is -1.95. The molecule has 78 valence electrons. The van der Waals surface area contributed by atoms with Crippen LogP contribution in [0.2, 0.25) is 0 Å². The summed E-state index contributed by atoms with van der Waals surface area (Å²) in [4.78, 5) is 0. The van der Waals surface area contributed by atoms with Crippen molar-refractivity contribution in [1.29, 1.82) is 10.5 Å².